The fraction of sp³-hybridized carbons (Fsp3) is 0.600. The average molecular weight is 327 g/mol. The first-order valence-electron chi connectivity index (χ1n) is 7.49. The second kappa shape index (κ2) is 6.54. The molecular formula is C15H21NO5S. The quantitative estimate of drug-likeness (QED) is 0.902. The number of benzene rings is 1. The third-order valence-electron chi connectivity index (χ3n) is 4.16. The van der Waals surface area contributed by atoms with Crippen LogP contribution in [0.5, 0.6) is 5.75 Å². The Kier molecular flexibility index (Phi) is 4.67. The molecule has 122 valence electrons. The van der Waals surface area contributed by atoms with Crippen LogP contribution in [0.4, 0.5) is 0 Å². The first-order valence-corrected chi connectivity index (χ1v) is 8.97. The largest absolute Gasteiger partial charge is 0.495 e. The van der Waals surface area contributed by atoms with E-state index in [1.54, 1.807) is 24.3 Å². The zero-order chi connectivity index (χ0) is 15.6. The summed E-state index contributed by atoms with van der Waals surface area (Å²) in [5.74, 6) is 0.348. The van der Waals surface area contributed by atoms with Gasteiger partial charge in [-0.2, -0.15) is 0 Å². The van der Waals surface area contributed by atoms with E-state index < -0.39 is 10.0 Å². The number of rotatable bonds is 4. The van der Waals surface area contributed by atoms with Crippen molar-refractivity contribution in [2.24, 2.45) is 0 Å². The number of para-hydroxylation sites is 1. The van der Waals surface area contributed by atoms with Gasteiger partial charge in [0.25, 0.3) is 0 Å². The van der Waals surface area contributed by atoms with E-state index in [2.05, 4.69) is 4.72 Å². The van der Waals surface area contributed by atoms with E-state index in [-0.39, 0.29) is 23.1 Å². The Bertz CT molecular complexity index is 618. The van der Waals surface area contributed by atoms with Crippen LogP contribution in [0.1, 0.15) is 19.3 Å². The summed E-state index contributed by atoms with van der Waals surface area (Å²) in [6, 6.07) is 6.48. The number of nitrogens with one attached hydrogen (secondary N) is 1. The zero-order valence-electron chi connectivity index (χ0n) is 12.5. The highest BCUT2D eigenvalue weighted by Gasteiger charge is 2.36. The maximum atomic E-state index is 12.6. The number of ether oxygens (including phenoxy) is 3. The minimum absolute atomic E-state index is 0.0205. The van der Waals surface area contributed by atoms with Crippen LogP contribution >= 0.6 is 0 Å². The Labute approximate surface area is 130 Å². The first kappa shape index (κ1) is 15.7. The highest BCUT2D eigenvalue weighted by atomic mass is 32.2. The molecule has 7 heteroatoms. The predicted molar refractivity (Wildman–Crippen MR) is 80.4 cm³/mol. The molecule has 6 nitrogen and oxygen atoms in total. The molecule has 2 fully saturated rings. The van der Waals surface area contributed by atoms with Gasteiger partial charge in [0.1, 0.15) is 10.6 Å². The van der Waals surface area contributed by atoms with Crippen molar-refractivity contribution < 1.29 is 22.6 Å². The molecule has 0 aromatic heterocycles. The molecule has 1 heterocycles. The van der Waals surface area contributed by atoms with Gasteiger partial charge in [-0.25, -0.2) is 13.1 Å². The molecule has 0 unspecified atom stereocenters. The van der Waals surface area contributed by atoms with Crippen LogP contribution in [0.25, 0.3) is 0 Å². The van der Waals surface area contributed by atoms with Crippen LogP contribution in [0.15, 0.2) is 29.2 Å². The zero-order valence-corrected chi connectivity index (χ0v) is 13.3. The van der Waals surface area contributed by atoms with Crippen molar-refractivity contribution in [2.75, 3.05) is 20.3 Å². The van der Waals surface area contributed by atoms with E-state index in [0.29, 0.717) is 25.4 Å². The van der Waals surface area contributed by atoms with Gasteiger partial charge in [-0.05, 0) is 31.4 Å². The number of sulfonamides is 1. The summed E-state index contributed by atoms with van der Waals surface area (Å²) in [5, 5.41) is 0. The SMILES string of the molecule is COc1ccccc1S(=O)(=O)N[C@@H]1CC[C@H]2OCCO[C@@H]2C1. The third kappa shape index (κ3) is 3.27. The van der Waals surface area contributed by atoms with Gasteiger partial charge in [0.15, 0.2) is 0 Å². The summed E-state index contributed by atoms with van der Waals surface area (Å²) in [5.41, 5.74) is 0. The monoisotopic (exact) mass is 327 g/mol. The topological polar surface area (TPSA) is 73.9 Å². The van der Waals surface area contributed by atoms with E-state index >= 15 is 0 Å². The molecule has 1 aliphatic heterocycles. The van der Waals surface area contributed by atoms with Crippen molar-refractivity contribution in [3.63, 3.8) is 0 Å². The van der Waals surface area contributed by atoms with Crippen molar-refractivity contribution in [1.29, 1.82) is 0 Å². The van der Waals surface area contributed by atoms with E-state index in [0.717, 1.165) is 12.8 Å². The summed E-state index contributed by atoms with van der Waals surface area (Å²) in [4.78, 5) is 0.167. The summed E-state index contributed by atoms with van der Waals surface area (Å²) < 4.78 is 44.4. The highest BCUT2D eigenvalue weighted by molar-refractivity contribution is 7.89. The van der Waals surface area contributed by atoms with Crippen LogP contribution in [0.3, 0.4) is 0 Å². The minimum Gasteiger partial charge on any atom is -0.495 e. The average Bonchev–Trinajstić information content (AvgIpc) is 2.54. The van der Waals surface area contributed by atoms with Gasteiger partial charge in [0, 0.05) is 6.04 Å². The highest BCUT2D eigenvalue weighted by Crippen LogP contribution is 2.29. The smallest absolute Gasteiger partial charge is 0.244 e. The molecule has 0 amide bonds. The standard InChI is InChI=1S/C15H21NO5S/c1-19-13-4-2-3-5-15(13)22(17,18)16-11-6-7-12-14(10-11)21-9-8-20-12/h2-5,11-12,14,16H,6-10H2,1H3/t11-,12-,14-/m1/s1. The molecular weight excluding hydrogens is 306 g/mol. The molecule has 1 aromatic carbocycles. The Balaban J connectivity index is 1.72. The van der Waals surface area contributed by atoms with Crippen molar-refractivity contribution in [3.8, 4) is 5.75 Å². The predicted octanol–water partition coefficient (Wildman–Crippen LogP) is 1.31. The van der Waals surface area contributed by atoms with Gasteiger partial charge >= 0.3 is 0 Å². The van der Waals surface area contributed by atoms with E-state index in [1.807, 2.05) is 0 Å². The van der Waals surface area contributed by atoms with Crippen molar-refractivity contribution in [2.45, 2.75) is 42.4 Å². The first-order chi connectivity index (χ1) is 10.6. The van der Waals surface area contributed by atoms with E-state index in [4.69, 9.17) is 14.2 Å². The normalized spacial score (nSPS) is 28.9. The second-order valence-electron chi connectivity index (χ2n) is 5.60. The number of methoxy groups -OCH3 is 1. The molecule has 1 aromatic rings. The van der Waals surface area contributed by atoms with Gasteiger partial charge in [0.05, 0.1) is 32.5 Å². The van der Waals surface area contributed by atoms with Gasteiger partial charge in [0.2, 0.25) is 10.0 Å². The minimum atomic E-state index is -3.61. The molecule has 22 heavy (non-hydrogen) atoms. The molecule has 3 rings (SSSR count). The number of hydrogen-bond acceptors (Lipinski definition) is 5. The summed E-state index contributed by atoms with van der Waals surface area (Å²) in [6.07, 6.45) is 2.27. The third-order valence-corrected chi connectivity index (χ3v) is 5.72. The van der Waals surface area contributed by atoms with Gasteiger partial charge in [-0.1, -0.05) is 12.1 Å². The molecule has 3 atom stereocenters. The lowest BCUT2D eigenvalue weighted by atomic mass is 9.90. The van der Waals surface area contributed by atoms with Crippen LogP contribution in [-0.2, 0) is 19.5 Å². The lowest BCUT2D eigenvalue weighted by Crippen LogP contribution is -2.49. The number of hydrogen-bond donors (Lipinski definition) is 1. The fourth-order valence-corrected chi connectivity index (χ4v) is 4.55. The van der Waals surface area contributed by atoms with Crippen molar-refractivity contribution in [1.82, 2.24) is 4.72 Å². The molecule has 0 spiro atoms. The summed E-state index contributed by atoms with van der Waals surface area (Å²) in [7, 11) is -2.15. The van der Waals surface area contributed by atoms with E-state index in [1.165, 1.54) is 7.11 Å². The summed E-state index contributed by atoms with van der Waals surface area (Å²) in [6.45, 7) is 1.20. The molecule has 0 radical (unpaired) electrons. The Morgan fingerprint density at radius 3 is 2.64 bits per heavy atom. The summed E-state index contributed by atoms with van der Waals surface area (Å²) >= 11 is 0. The van der Waals surface area contributed by atoms with Gasteiger partial charge in [-0.3, -0.25) is 0 Å². The van der Waals surface area contributed by atoms with Crippen LogP contribution in [-0.4, -0.2) is 47.0 Å². The van der Waals surface area contributed by atoms with Crippen LogP contribution < -0.4 is 9.46 Å². The van der Waals surface area contributed by atoms with Crippen molar-refractivity contribution in [3.05, 3.63) is 24.3 Å². The Morgan fingerprint density at radius 1 is 1.14 bits per heavy atom. The fourth-order valence-electron chi connectivity index (χ4n) is 3.10. The number of fused-ring (bicyclic) bond motifs is 1. The Hall–Kier alpha value is -1.15. The maximum absolute atomic E-state index is 12.6. The molecule has 2 aliphatic rings. The van der Waals surface area contributed by atoms with E-state index in [9.17, 15) is 8.42 Å². The molecule has 1 N–H and O–H groups in total. The van der Waals surface area contributed by atoms with Gasteiger partial charge in [-0.15, -0.1) is 0 Å². The van der Waals surface area contributed by atoms with Crippen LogP contribution in [0, 0.1) is 0 Å². The van der Waals surface area contributed by atoms with Crippen LogP contribution in [0.2, 0.25) is 0 Å². The Morgan fingerprint density at radius 2 is 1.86 bits per heavy atom. The van der Waals surface area contributed by atoms with Crippen molar-refractivity contribution >= 4 is 10.0 Å². The maximum Gasteiger partial charge on any atom is 0.244 e. The molecule has 0 bridgehead atoms. The van der Waals surface area contributed by atoms with Gasteiger partial charge < -0.3 is 14.2 Å². The molecule has 1 saturated heterocycles. The molecule has 1 saturated carbocycles. The lowest BCUT2D eigenvalue weighted by molar-refractivity contribution is -0.156. The second-order valence-corrected chi connectivity index (χ2v) is 7.28. The lowest BCUT2D eigenvalue weighted by Gasteiger charge is -2.38. The molecule has 1 aliphatic carbocycles.